The average molecular weight is 410 g/mol. The van der Waals surface area contributed by atoms with E-state index < -0.39 is 6.03 Å². The zero-order valence-electron chi connectivity index (χ0n) is 11.3. The molecule has 0 aliphatic carbocycles. The molecule has 0 radical (unpaired) electrons. The molecule has 10 heteroatoms. The molecule has 0 saturated heterocycles. The molecule has 0 aliphatic heterocycles. The van der Waals surface area contributed by atoms with E-state index in [4.69, 9.17) is 23.2 Å². The van der Waals surface area contributed by atoms with Crippen LogP contribution in [0.5, 0.6) is 0 Å². The Balaban J connectivity index is 2.00. The molecule has 0 bridgehead atoms. The Bertz CT molecular complexity index is 746. The van der Waals surface area contributed by atoms with Crippen molar-refractivity contribution < 1.29 is 4.79 Å². The molecule has 0 saturated carbocycles. The zero-order valence-corrected chi connectivity index (χ0v) is 14.5. The molecule has 0 unspecified atom stereocenters. The van der Waals surface area contributed by atoms with Gasteiger partial charge in [0.15, 0.2) is 0 Å². The van der Waals surface area contributed by atoms with Crippen LogP contribution in [0, 0.1) is 4.91 Å². The van der Waals surface area contributed by atoms with Gasteiger partial charge >= 0.3 is 142 Å². The molecule has 0 aliphatic rings. The predicted molar refractivity (Wildman–Crippen MR) is 86.8 cm³/mol. The van der Waals surface area contributed by atoms with Gasteiger partial charge in [0.1, 0.15) is 0 Å². The molecule has 1 heterocycles. The SMILES string of the molecule is O=NN(CCCl)C(=O)NCCn1[se]c2ccc(Cl)cc2c1=O. The number of amides is 2. The summed E-state index contributed by atoms with van der Waals surface area (Å²) in [6.07, 6.45) is 0. The second-order valence-corrected chi connectivity index (χ2v) is 7.31. The summed E-state index contributed by atoms with van der Waals surface area (Å²) >= 11 is 11.2. The maximum absolute atomic E-state index is 12.2. The summed E-state index contributed by atoms with van der Waals surface area (Å²) in [5.41, 5.74) is -0.0992. The predicted octanol–water partition coefficient (Wildman–Crippen LogP) is 1.64. The maximum atomic E-state index is 12.2. The van der Waals surface area contributed by atoms with Gasteiger partial charge in [-0.3, -0.25) is 0 Å². The molecular weight excluding hydrogens is 398 g/mol. The monoisotopic (exact) mass is 410 g/mol. The summed E-state index contributed by atoms with van der Waals surface area (Å²) in [6, 6.07) is 4.61. The number of fused-ring (bicyclic) bond motifs is 1. The van der Waals surface area contributed by atoms with Gasteiger partial charge in [0.05, 0.1) is 0 Å². The third-order valence-electron chi connectivity index (χ3n) is 2.83. The van der Waals surface area contributed by atoms with E-state index >= 15 is 0 Å². The molecule has 118 valence electrons. The molecule has 2 amide bonds. The van der Waals surface area contributed by atoms with Crippen LogP contribution in [-0.2, 0) is 6.54 Å². The van der Waals surface area contributed by atoms with E-state index in [2.05, 4.69) is 10.6 Å². The number of nitrogens with one attached hydrogen (secondary N) is 1. The van der Waals surface area contributed by atoms with Gasteiger partial charge in [-0.25, -0.2) is 0 Å². The number of carbonyl (C=O) groups is 1. The van der Waals surface area contributed by atoms with E-state index in [-0.39, 0.29) is 39.3 Å². The second-order valence-electron chi connectivity index (χ2n) is 4.26. The molecule has 1 aromatic heterocycles. The van der Waals surface area contributed by atoms with Crippen LogP contribution < -0.4 is 10.9 Å². The van der Waals surface area contributed by atoms with Crippen molar-refractivity contribution >= 4 is 53.6 Å². The van der Waals surface area contributed by atoms with Gasteiger partial charge in [0, 0.05) is 0 Å². The van der Waals surface area contributed by atoms with Gasteiger partial charge in [-0.2, -0.15) is 0 Å². The van der Waals surface area contributed by atoms with E-state index in [1.807, 2.05) is 6.07 Å². The number of halogens is 2. The summed E-state index contributed by atoms with van der Waals surface area (Å²) in [5, 5.41) is 6.94. The summed E-state index contributed by atoms with van der Waals surface area (Å²) in [6.45, 7) is 0.611. The summed E-state index contributed by atoms with van der Waals surface area (Å²) in [5.74, 6) is 0.114. The Morgan fingerprint density at radius 3 is 2.91 bits per heavy atom. The fraction of sp³-hybridized carbons (Fsp3) is 0.333. The first-order chi connectivity index (χ1) is 10.6. The first kappa shape index (κ1) is 17.0. The van der Waals surface area contributed by atoms with Gasteiger partial charge in [-0.05, 0) is 0 Å². The minimum atomic E-state index is -0.629. The van der Waals surface area contributed by atoms with Crippen molar-refractivity contribution in [1.29, 1.82) is 0 Å². The van der Waals surface area contributed by atoms with Crippen LogP contribution in [0.3, 0.4) is 0 Å². The van der Waals surface area contributed by atoms with E-state index in [1.54, 1.807) is 15.7 Å². The number of benzene rings is 1. The molecule has 0 spiro atoms. The van der Waals surface area contributed by atoms with E-state index in [0.717, 1.165) is 4.26 Å². The third-order valence-corrected chi connectivity index (χ3v) is 5.58. The van der Waals surface area contributed by atoms with Gasteiger partial charge in [-0.1, -0.05) is 0 Å². The quantitative estimate of drug-likeness (QED) is 0.340. The van der Waals surface area contributed by atoms with Crippen molar-refractivity contribution in [3.8, 4) is 0 Å². The number of alkyl halides is 1. The fourth-order valence-electron chi connectivity index (χ4n) is 1.81. The summed E-state index contributed by atoms with van der Waals surface area (Å²) in [7, 11) is 0. The first-order valence-corrected chi connectivity index (χ1v) is 8.84. The Morgan fingerprint density at radius 1 is 1.45 bits per heavy atom. The van der Waals surface area contributed by atoms with Gasteiger partial charge < -0.3 is 0 Å². The van der Waals surface area contributed by atoms with Crippen LogP contribution in [0.25, 0.3) is 9.65 Å². The van der Waals surface area contributed by atoms with Crippen molar-refractivity contribution in [3.63, 3.8) is 0 Å². The zero-order chi connectivity index (χ0) is 16.1. The van der Waals surface area contributed by atoms with Gasteiger partial charge in [0.2, 0.25) is 0 Å². The van der Waals surface area contributed by atoms with Crippen LogP contribution in [-0.4, -0.2) is 48.3 Å². The molecule has 2 aromatic rings. The molecule has 2 rings (SSSR count). The first-order valence-electron chi connectivity index (χ1n) is 6.31. The summed E-state index contributed by atoms with van der Waals surface area (Å²) < 4.78 is 2.63. The Labute approximate surface area is 141 Å². The number of nitroso groups, excluding NO2 is 1. The van der Waals surface area contributed by atoms with Crippen molar-refractivity contribution in [2.45, 2.75) is 6.54 Å². The standard InChI is InChI=1S/C12H12Cl2N4O3Se/c13-3-5-17(16-21)12(20)15-4-6-18-11(19)9-7-8(14)1-2-10(9)22-18/h1-2,7H,3-6H2,(H,15,20). The van der Waals surface area contributed by atoms with Crippen LogP contribution in [0.4, 0.5) is 4.79 Å². The molecule has 0 fully saturated rings. The number of rotatable bonds is 6. The molecule has 0 atom stereocenters. The normalized spacial score (nSPS) is 10.6. The van der Waals surface area contributed by atoms with Gasteiger partial charge in [-0.15, -0.1) is 0 Å². The second kappa shape index (κ2) is 7.78. The molecule has 1 N–H and O–H groups in total. The number of carbonyl (C=O) groups excluding carboxylic acids is 1. The summed E-state index contributed by atoms with van der Waals surface area (Å²) in [4.78, 5) is 34.3. The number of aromatic nitrogens is 1. The van der Waals surface area contributed by atoms with E-state index in [0.29, 0.717) is 22.0 Å². The molecule has 22 heavy (non-hydrogen) atoms. The topological polar surface area (TPSA) is 83.8 Å². The average Bonchev–Trinajstić information content (AvgIpc) is 2.81. The van der Waals surface area contributed by atoms with Crippen LogP contribution in [0.1, 0.15) is 0 Å². The Morgan fingerprint density at radius 2 is 2.23 bits per heavy atom. The minimum absolute atomic E-state index is 0.0351. The molecule has 1 aromatic carbocycles. The van der Waals surface area contributed by atoms with E-state index in [9.17, 15) is 14.5 Å². The number of hydrogen-bond donors (Lipinski definition) is 1. The van der Waals surface area contributed by atoms with Crippen molar-refractivity contribution in [2.75, 3.05) is 19.0 Å². The van der Waals surface area contributed by atoms with Gasteiger partial charge in [0.25, 0.3) is 0 Å². The van der Waals surface area contributed by atoms with Crippen LogP contribution >= 0.6 is 23.2 Å². The third kappa shape index (κ3) is 3.89. The van der Waals surface area contributed by atoms with Crippen LogP contribution in [0.15, 0.2) is 28.3 Å². The molecule has 7 nitrogen and oxygen atoms in total. The molecular formula is C12H12Cl2N4O3Se. The van der Waals surface area contributed by atoms with Crippen molar-refractivity contribution in [2.24, 2.45) is 5.29 Å². The van der Waals surface area contributed by atoms with E-state index in [1.165, 1.54) is 0 Å². The van der Waals surface area contributed by atoms with Crippen molar-refractivity contribution in [3.05, 3.63) is 38.5 Å². The number of nitrogens with zero attached hydrogens (tertiary/aromatic N) is 3. The van der Waals surface area contributed by atoms with Crippen LogP contribution in [0.2, 0.25) is 5.02 Å². The van der Waals surface area contributed by atoms with Crippen molar-refractivity contribution in [1.82, 2.24) is 13.9 Å². The fourth-order valence-corrected chi connectivity index (χ4v) is 4.18. The Kier molecular flexibility index (Phi) is 6.02. The Hall–Kier alpha value is -1.34. The number of hydrogen-bond acceptors (Lipinski definition) is 4. The number of urea groups is 1.